The molecule has 1 aromatic rings. The first-order valence-corrected chi connectivity index (χ1v) is 8.21. The zero-order valence-electron chi connectivity index (χ0n) is 15.9. The molecule has 0 aliphatic rings. The van der Waals surface area contributed by atoms with Gasteiger partial charge in [0, 0.05) is 57.2 Å². The number of rotatable bonds is 7. The first kappa shape index (κ1) is 26.6. The molecule has 0 radical (unpaired) electrons. The number of carbonyl (C=O) groups excluding carboxylic acids is 4. The fraction of sp³-hybridized carbons (Fsp3) is 0.421. The maximum Gasteiger partial charge on any atom is 0.252 e. The van der Waals surface area contributed by atoms with Crippen molar-refractivity contribution in [1.82, 2.24) is 10.2 Å². The van der Waals surface area contributed by atoms with Gasteiger partial charge in [0.05, 0.1) is 0 Å². The molecule has 0 heterocycles. The number of carbonyl (C=O) groups is 4. The molecule has 0 aliphatic heterocycles. The third-order valence-electron chi connectivity index (χ3n) is 3.37. The van der Waals surface area contributed by atoms with Crippen molar-refractivity contribution < 1.29 is 50.3 Å². The summed E-state index contributed by atoms with van der Waals surface area (Å²) >= 11 is 0. The van der Waals surface area contributed by atoms with Crippen LogP contribution in [0, 0.1) is 38.0 Å². The summed E-state index contributed by atoms with van der Waals surface area (Å²) in [5, 5.41) is 2.47. The Labute approximate surface area is 179 Å². The van der Waals surface area contributed by atoms with Crippen LogP contribution in [0.5, 0.6) is 0 Å². The van der Waals surface area contributed by atoms with Crippen LogP contribution in [0.2, 0.25) is 0 Å². The van der Waals surface area contributed by atoms with Gasteiger partial charge < -0.3 is 15.0 Å². The van der Waals surface area contributed by atoms with Crippen LogP contribution in [0.4, 0.5) is 0 Å². The van der Waals surface area contributed by atoms with Gasteiger partial charge in [0.15, 0.2) is 0 Å². The zero-order chi connectivity index (χ0) is 19.4. The molecular formula is C19H27N2O4U-. The second-order valence-electron chi connectivity index (χ2n) is 5.54. The number of aldehydes is 2. The van der Waals surface area contributed by atoms with Gasteiger partial charge in [-0.3, -0.25) is 14.4 Å². The molecule has 6 nitrogen and oxygen atoms in total. The van der Waals surface area contributed by atoms with Crippen LogP contribution in [0.25, 0.3) is 0 Å². The Balaban J connectivity index is 0. The van der Waals surface area contributed by atoms with E-state index in [4.69, 9.17) is 0 Å². The van der Waals surface area contributed by atoms with Crippen molar-refractivity contribution in [2.45, 2.75) is 39.2 Å². The Morgan fingerprint density at radius 1 is 1.27 bits per heavy atom. The van der Waals surface area contributed by atoms with Crippen molar-refractivity contribution in [2.24, 2.45) is 0 Å². The Morgan fingerprint density at radius 2 is 1.85 bits per heavy atom. The van der Waals surface area contributed by atoms with E-state index in [2.05, 4.69) is 26.1 Å². The summed E-state index contributed by atoms with van der Waals surface area (Å²) in [5.41, 5.74) is 1.03. The van der Waals surface area contributed by atoms with Crippen LogP contribution in [0.15, 0.2) is 18.2 Å². The maximum absolute atomic E-state index is 12.5. The second kappa shape index (κ2) is 14.6. The van der Waals surface area contributed by atoms with Crippen molar-refractivity contribution in [3.63, 3.8) is 0 Å². The molecule has 1 aromatic carbocycles. The van der Waals surface area contributed by atoms with E-state index in [1.807, 2.05) is 0 Å². The van der Waals surface area contributed by atoms with Gasteiger partial charge in [-0.1, -0.05) is 20.3 Å². The van der Waals surface area contributed by atoms with E-state index in [0.717, 1.165) is 0 Å². The molecule has 0 saturated heterocycles. The van der Waals surface area contributed by atoms with Gasteiger partial charge in [0.25, 0.3) is 5.91 Å². The molecule has 1 unspecified atom stereocenters. The topological polar surface area (TPSA) is 83.6 Å². The van der Waals surface area contributed by atoms with E-state index in [1.54, 1.807) is 6.07 Å². The minimum atomic E-state index is -0.776. The molecule has 26 heavy (non-hydrogen) atoms. The second-order valence-corrected chi connectivity index (χ2v) is 5.54. The van der Waals surface area contributed by atoms with Crippen LogP contribution in [-0.4, -0.2) is 49.4 Å². The minimum absolute atomic E-state index is 0. The zero-order valence-corrected chi connectivity index (χ0v) is 20.0. The number of likely N-dealkylation sites (N-methyl/N-ethyl adjacent to an activating group) is 2. The first-order chi connectivity index (χ1) is 11.9. The average Bonchev–Trinajstić information content (AvgIpc) is 2.61. The minimum Gasteiger partial charge on any atom is -0.357 e. The molecule has 0 saturated carbocycles. The molecular weight excluding hydrogens is 558 g/mol. The van der Waals surface area contributed by atoms with Crippen LogP contribution >= 0.6 is 0 Å². The molecule has 0 aromatic heterocycles. The third kappa shape index (κ3) is 8.20. The summed E-state index contributed by atoms with van der Waals surface area (Å²) in [4.78, 5) is 47.3. The number of hydrogen-bond acceptors (Lipinski definition) is 4. The molecule has 0 bridgehead atoms. The smallest absolute Gasteiger partial charge is 0.252 e. The molecule has 142 valence electrons. The Morgan fingerprint density at radius 3 is 2.31 bits per heavy atom. The monoisotopic (exact) mass is 585 g/mol. The first-order valence-electron chi connectivity index (χ1n) is 8.21. The van der Waals surface area contributed by atoms with E-state index in [1.165, 1.54) is 37.5 Å². The number of nitrogens with one attached hydrogen (secondary N) is 1. The summed E-state index contributed by atoms with van der Waals surface area (Å²) in [5.74, 6) is -0.819. The van der Waals surface area contributed by atoms with Gasteiger partial charge in [-0.15, -0.1) is 6.07 Å². The Kier molecular flexibility index (Phi) is 14.9. The van der Waals surface area contributed by atoms with Gasteiger partial charge in [-0.25, -0.2) is 0 Å². The molecule has 7 heteroatoms. The van der Waals surface area contributed by atoms with Gasteiger partial charge in [-0.2, -0.15) is 24.6 Å². The number of benzene rings is 1. The SMILES string of the molecule is CCC.[CH2-]c1ccc(C(=O)N(C)C(CCC=O)C(=O)NC)c(C=O)c1.[U]. The third-order valence-corrected chi connectivity index (χ3v) is 3.37. The normalized spacial score (nSPS) is 10.3. The van der Waals surface area contributed by atoms with Crippen LogP contribution in [0.3, 0.4) is 0 Å². The van der Waals surface area contributed by atoms with Crippen molar-refractivity contribution >= 4 is 24.4 Å². The Hall–Kier alpha value is -1.58. The van der Waals surface area contributed by atoms with E-state index in [9.17, 15) is 19.2 Å². The summed E-state index contributed by atoms with van der Waals surface area (Å²) in [6.45, 7) is 7.95. The maximum atomic E-state index is 12.5. The Bertz CT molecular complexity index is 605. The number of amides is 2. The molecule has 1 atom stereocenters. The van der Waals surface area contributed by atoms with Gasteiger partial charge in [-0.05, 0) is 12.0 Å². The van der Waals surface area contributed by atoms with E-state index in [0.29, 0.717) is 18.1 Å². The van der Waals surface area contributed by atoms with Crippen molar-refractivity contribution in [3.8, 4) is 0 Å². The van der Waals surface area contributed by atoms with Crippen LogP contribution < -0.4 is 5.32 Å². The fourth-order valence-electron chi connectivity index (χ4n) is 2.13. The predicted molar refractivity (Wildman–Crippen MR) is 97.5 cm³/mol. The quantitative estimate of drug-likeness (QED) is 0.394. The van der Waals surface area contributed by atoms with Crippen molar-refractivity contribution in [3.05, 3.63) is 41.8 Å². The van der Waals surface area contributed by atoms with Crippen molar-refractivity contribution in [1.29, 1.82) is 0 Å². The van der Waals surface area contributed by atoms with E-state index in [-0.39, 0.29) is 61.0 Å². The molecule has 0 aliphatic carbocycles. The van der Waals surface area contributed by atoms with Gasteiger partial charge in [0.2, 0.25) is 5.91 Å². The van der Waals surface area contributed by atoms with Gasteiger partial charge in [0.1, 0.15) is 18.6 Å². The summed E-state index contributed by atoms with van der Waals surface area (Å²) < 4.78 is 0. The summed E-state index contributed by atoms with van der Waals surface area (Å²) in [7, 11) is 2.93. The van der Waals surface area contributed by atoms with E-state index >= 15 is 0 Å². The van der Waals surface area contributed by atoms with Gasteiger partial charge >= 0.3 is 0 Å². The molecule has 2 amide bonds. The van der Waals surface area contributed by atoms with Crippen LogP contribution in [-0.2, 0) is 9.59 Å². The fourth-order valence-corrected chi connectivity index (χ4v) is 2.13. The molecule has 0 fully saturated rings. The van der Waals surface area contributed by atoms with Crippen LogP contribution in [0.1, 0.15) is 59.4 Å². The standard InChI is InChI=1S/C16H19N2O4.C3H8.U/c1-11-6-7-13(12(9-11)10-20)16(22)18(3)14(5-4-8-19)15(21)17-2;1-3-2;/h6-10,14H,1,4-5H2,2-3H3,(H,17,21);3H2,1-2H3;/q-1;;. The molecule has 1 N–H and O–H groups in total. The summed E-state index contributed by atoms with van der Waals surface area (Å²) in [6.07, 6.45) is 2.90. The average molecular weight is 585 g/mol. The largest absolute Gasteiger partial charge is 0.357 e. The predicted octanol–water partition coefficient (Wildman–Crippen LogP) is 2.26. The molecule has 1 rings (SSSR count). The number of nitrogens with zero attached hydrogens (tertiary/aromatic N) is 1. The van der Waals surface area contributed by atoms with Crippen molar-refractivity contribution in [2.75, 3.05) is 14.1 Å². The van der Waals surface area contributed by atoms with E-state index < -0.39 is 11.9 Å². The summed E-state index contributed by atoms with van der Waals surface area (Å²) in [6, 6.07) is 3.86. The molecule has 0 spiro atoms. The number of hydrogen-bond donors (Lipinski definition) is 1.